The molecule has 2 aromatic carbocycles. The van der Waals surface area contributed by atoms with Crippen LogP contribution in [-0.4, -0.2) is 11.7 Å². The van der Waals surface area contributed by atoms with E-state index in [-0.39, 0.29) is 0 Å². The van der Waals surface area contributed by atoms with E-state index in [1.165, 1.54) is 6.07 Å². The maximum absolute atomic E-state index is 14.1. The smallest absolute Gasteiger partial charge is 0.148 e. The molecule has 98 valence electrons. The normalized spacial score (nSPS) is 10.4. The van der Waals surface area contributed by atoms with Crippen molar-refractivity contribution in [1.29, 1.82) is 5.26 Å². The molecule has 0 radical (unpaired) electrons. The molecule has 0 saturated heterocycles. The zero-order valence-corrected chi connectivity index (χ0v) is 10.8. The first-order chi connectivity index (χ1) is 9.72. The number of fused-ring (bicyclic) bond motifs is 1. The summed E-state index contributed by atoms with van der Waals surface area (Å²) in [4.78, 5) is 0. The van der Waals surface area contributed by atoms with Gasteiger partial charge in [-0.15, -0.1) is 0 Å². The highest BCUT2D eigenvalue weighted by Crippen LogP contribution is 2.26. The van der Waals surface area contributed by atoms with Crippen molar-refractivity contribution in [3.05, 3.63) is 60.0 Å². The molecule has 0 fully saturated rings. The SMILES string of the molecule is COc1ccc2ccn(-c3ccc(C#N)cc3F)c2c1. The third-order valence-electron chi connectivity index (χ3n) is 3.24. The highest BCUT2D eigenvalue weighted by molar-refractivity contribution is 5.83. The van der Waals surface area contributed by atoms with Crippen molar-refractivity contribution in [3.8, 4) is 17.5 Å². The molecule has 0 atom stereocenters. The van der Waals surface area contributed by atoms with Crippen LogP contribution in [-0.2, 0) is 0 Å². The Kier molecular flexibility index (Phi) is 2.88. The van der Waals surface area contributed by atoms with Crippen LogP contribution in [0, 0.1) is 17.1 Å². The summed E-state index contributed by atoms with van der Waals surface area (Å²) in [6.07, 6.45) is 1.80. The Balaban J connectivity index is 2.22. The van der Waals surface area contributed by atoms with E-state index in [4.69, 9.17) is 10.00 Å². The molecule has 4 heteroatoms. The molecule has 0 saturated carbocycles. The monoisotopic (exact) mass is 266 g/mol. The fourth-order valence-electron chi connectivity index (χ4n) is 2.22. The van der Waals surface area contributed by atoms with E-state index in [9.17, 15) is 4.39 Å². The summed E-state index contributed by atoms with van der Waals surface area (Å²) in [7, 11) is 1.59. The van der Waals surface area contributed by atoms with Crippen molar-refractivity contribution < 1.29 is 9.13 Å². The first-order valence-electron chi connectivity index (χ1n) is 6.08. The predicted molar refractivity (Wildman–Crippen MR) is 74.5 cm³/mol. The lowest BCUT2D eigenvalue weighted by molar-refractivity contribution is 0.415. The lowest BCUT2D eigenvalue weighted by Gasteiger charge is -2.08. The van der Waals surface area contributed by atoms with Gasteiger partial charge in [0, 0.05) is 17.6 Å². The minimum atomic E-state index is -0.427. The van der Waals surface area contributed by atoms with Crippen molar-refractivity contribution in [2.75, 3.05) is 7.11 Å². The zero-order chi connectivity index (χ0) is 14.1. The number of hydrogen-bond acceptors (Lipinski definition) is 2. The number of methoxy groups -OCH3 is 1. The van der Waals surface area contributed by atoms with Gasteiger partial charge in [0.05, 0.1) is 29.9 Å². The van der Waals surface area contributed by atoms with Gasteiger partial charge in [-0.2, -0.15) is 5.26 Å². The molecular formula is C16H11FN2O. The summed E-state index contributed by atoms with van der Waals surface area (Å²) in [5, 5.41) is 9.78. The summed E-state index contributed by atoms with van der Waals surface area (Å²) < 4.78 is 21.1. The van der Waals surface area contributed by atoms with Gasteiger partial charge in [-0.1, -0.05) is 0 Å². The van der Waals surface area contributed by atoms with E-state index in [0.717, 1.165) is 10.9 Å². The molecule has 1 heterocycles. The summed E-state index contributed by atoms with van der Waals surface area (Å²) in [6, 6.07) is 13.9. The molecule has 20 heavy (non-hydrogen) atoms. The first-order valence-corrected chi connectivity index (χ1v) is 6.08. The van der Waals surface area contributed by atoms with Crippen LogP contribution in [0.5, 0.6) is 5.75 Å². The molecule has 3 aromatic rings. The molecule has 0 aliphatic carbocycles. The number of rotatable bonds is 2. The molecule has 0 bridgehead atoms. The average Bonchev–Trinajstić information content (AvgIpc) is 2.89. The number of hydrogen-bond donors (Lipinski definition) is 0. The van der Waals surface area contributed by atoms with E-state index in [0.29, 0.717) is 17.0 Å². The van der Waals surface area contributed by atoms with Crippen LogP contribution >= 0.6 is 0 Å². The fraction of sp³-hybridized carbons (Fsp3) is 0.0625. The van der Waals surface area contributed by atoms with Crippen LogP contribution in [0.1, 0.15) is 5.56 Å². The van der Waals surface area contributed by atoms with E-state index in [1.54, 1.807) is 30.0 Å². The molecule has 3 nitrogen and oxygen atoms in total. The van der Waals surface area contributed by atoms with Crippen LogP contribution in [0.2, 0.25) is 0 Å². The topological polar surface area (TPSA) is 38.0 Å². The number of ether oxygens (including phenoxy) is 1. The van der Waals surface area contributed by atoms with Crippen LogP contribution in [0.3, 0.4) is 0 Å². The Hall–Kier alpha value is -2.80. The van der Waals surface area contributed by atoms with Crippen molar-refractivity contribution in [3.63, 3.8) is 0 Å². The lowest BCUT2D eigenvalue weighted by Crippen LogP contribution is -1.96. The van der Waals surface area contributed by atoms with Gasteiger partial charge in [0.25, 0.3) is 0 Å². The number of nitrogens with zero attached hydrogens (tertiary/aromatic N) is 2. The number of benzene rings is 2. The fourth-order valence-corrected chi connectivity index (χ4v) is 2.22. The highest BCUT2D eigenvalue weighted by Gasteiger charge is 2.09. The Morgan fingerprint density at radius 3 is 2.70 bits per heavy atom. The van der Waals surface area contributed by atoms with E-state index in [1.807, 2.05) is 30.3 Å². The van der Waals surface area contributed by atoms with E-state index in [2.05, 4.69) is 0 Å². The molecule has 0 N–H and O–H groups in total. The first kappa shape index (κ1) is 12.2. The molecule has 0 spiro atoms. The zero-order valence-electron chi connectivity index (χ0n) is 10.8. The molecule has 3 rings (SSSR count). The highest BCUT2D eigenvalue weighted by atomic mass is 19.1. The minimum Gasteiger partial charge on any atom is -0.497 e. The lowest BCUT2D eigenvalue weighted by atomic mass is 10.2. The summed E-state index contributed by atoms with van der Waals surface area (Å²) in [6.45, 7) is 0. The molecular weight excluding hydrogens is 255 g/mol. The van der Waals surface area contributed by atoms with Gasteiger partial charge in [0.1, 0.15) is 11.6 Å². The quantitative estimate of drug-likeness (QED) is 0.710. The third-order valence-corrected chi connectivity index (χ3v) is 3.24. The molecule has 0 amide bonds. The largest absolute Gasteiger partial charge is 0.497 e. The summed E-state index contributed by atoms with van der Waals surface area (Å²) >= 11 is 0. The van der Waals surface area contributed by atoms with Crippen molar-refractivity contribution >= 4 is 10.9 Å². The van der Waals surface area contributed by atoms with Crippen LogP contribution in [0.25, 0.3) is 16.6 Å². The second kappa shape index (κ2) is 4.71. The third kappa shape index (κ3) is 1.90. The van der Waals surface area contributed by atoms with Gasteiger partial charge < -0.3 is 9.30 Å². The Morgan fingerprint density at radius 2 is 2.00 bits per heavy atom. The van der Waals surface area contributed by atoms with Gasteiger partial charge in [-0.3, -0.25) is 0 Å². The van der Waals surface area contributed by atoms with Crippen molar-refractivity contribution in [2.24, 2.45) is 0 Å². The van der Waals surface area contributed by atoms with Crippen LogP contribution in [0.4, 0.5) is 4.39 Å². The number of aromatic nitrogens is 1. The van der Waals surface area contributed by atoms with Gasteiger partial charge in [-0.05, 0) is 36.4 Å². The molecule has 0 aliphatic rings. The van der Waals surface area contributed by atoms with Crippen molar-refractivity contribution in [2.45, 2.75) is 0 Å². The van der Waals surface area contributed by atoms with E-state index < -0.39 is 5.82 Å². The van der Waals surface area contributed by atoms with Gasteiger partial charge >= 0.3 is 0 Å². The van der Waals surface area contributed by atoms with Crippen LogP contribution in [0.15, 0.2) is 48.7 Å². The van der Waals surface area contributed by atoms with Crippen LogP contribution < -0.4 is 4.74 Å². The van der Waals surface area contributed by atoms with E-state index >= 15 is 0 Å². The predicted octanol–water partition coefficient (Wildman–Crippen LogP) is 3.65. The Bertz CT molecular complexity index is 830. The maximum Gasteiger partial charge on any atom is 0.148 e. The summed E-state index contributed by atoms with van der Waals surface area (Å²) in [5.74, 6) is 0.288. The Morgan fingerprint density at radius 1 is 1.15 bits per heavy atom. The average molecular weight is 266 g/mol. The number of nitriles is 1. The minimum absolute atomic E-state index is 0.306. The van der Waals surface area contributed by atoms with Gasteiger partial charge in [0.2, 0.25) is 0 Å². The Labute approximate surface area is 115 Å². The van der Waals surface area contributed by atoms with Gasteiger partial charge in [-0.25, -0.2) is 4.39 Å². The summed E-state index contributed by atoms with van der Waals surface area (Å²) in [5.41, 5.74) is 1.57. The second-order valence-electron chi connectivity index (χ2n) is 4.39. The molecule has 1 aromatic heterocycles. The molecule has 0 unspecified atom stereocenters. The maximum atomic E-state index is 14.1. The van der Waals surface area contributed by atoms with Gasteiger partial charge in [0.15, 0.2) is 0 Å². The standard InChI is InChI=1S/C16H11FN2O/c1-20-13-4-3-12-6-7-19(16(12)9-13)15-5-2-11(10-18)8-14(15)17/h2-9H,1H3. The molecule has 0 aliphatic heterocycles. The number of halogens is 1. The van der Waals surface area contributed by atoms with Crippen molar-refractivity contribution in [1.82, 2.24) is 4.57 Å². The second-order valence-corrected chi connectivity index (χ2v) is 4.39.